The summed E-state index contributed by atoms with van der Waals surface area (Å²) in [6, 6.07) is 5.61. The predicted octanol–water partition coefficient (Wildman–Crippen LogP) is 1.53. The monoisotopic (exact) mass is 293 g/mol. The van der Waals surface area contributed by atoms with Crippen LogP contribution in [0.5, 0.6) is 0 Å². The normalized spacial score (nSPS) is 15.2. The van der Waals surface area contributed by atoms with Crippen molar-refractivity contribution in [3.63, 3.8) is 0 Å². The van der Waals surface area contributed by atoms with Gasteiger partial charge in [-0.3, -0.25) is 9.69 Å². The van der Waals surface area contributed by atoms with Gasteiger partial charge in [-0.25, -0.2) is 4.98 Å². The van der Waals surface area contributed by atoms with E-state index in [1.165, 1.54) is 0 Å². The van der Waals surface area contributed by atoms with E-state index in [0.29, 0.717) is 40.9 Å². The van der Waals surface area contributed by atoms with Crippen LogP contribution in [0.4, 0.5) is 0 Å². The zero-order valence-electron chi connectivity index (χ0n) is 11.0. The Bertz CT molecular complexity index is 682. The number of H-pyrrole nitrogens is 1. The third kappa shape index (κ3) is 2.85. The van der Waals surface area contributed by atoms with Crippen molar-refractivity contribution in [3.8, 4) is 0 Å². The van der Waals surface area contributed by atoms with Crippen molar-refractivity contribution in [1.29, 1.82) is 0 Å². The molecule has 0 saturated heterocycles. The maximum Gasteiger partial charge on any atom is 0.258 e. The Hall–Kier alpha value is -1.43. The highest BCUT2D eigenvalue weighted by Gasteiger charge is 2.29. The van der Waals surface area contributed by atoms with Crippen LogP contribution in [0.25, 0.3) is 10.9 Å². The molecule has 20 heavy (non-hydrogen) atoms. The predicted molar refractivity (Wildman–Crippen MR) is 77.9 cm³/mol. The standard InChI is InChI=1S/C14H16ClN3O2/c15-9-1-4-12-11(7-9)14(20)17-13(16-12)8-18(5-6-19)10-2-3-10/h1,4,7,10,19H,2-3,5-6,8H2,(H,16,17,20). The highest BCUT2D eigenvalue weighted by Crippen LogP contribution is 2.27. The van der Waals surface area contributed by atoms with E-state index in [1.54, 1.807) is 18.2 Å². The summed E-state index contributed by atoms with van der Waals surface area (Å²) < 4.78 is 0. The molecule has 1 aliphatic rings. The lowest BCUT2D eigenvalue weighted by Gasteiger charge is -2.20. The molecule has 0 amide bonds. The molecule has 1 fully saturated rings. The van der Waals surface area contributed by atoms with E-state index in [9.17, 15) is 4.79 Å². The van der Waals surface area contributed by atoms with Crippen molar-refractivity contribution in [3.05, 3.63) is 39.4 Å². The molecule has 0 unspecified atom stereocenters. The maximum absolute atomic E-state index is 12.1. The summed E-state index contributed by atoms with van der Waals surface area (Å²) in [6.07, 6.45) is 2.29. The highest BCUT2D eigenvalue weighted by molar-refractivity contribution is 6.31. The Morgan fingerprint density at radius 3 is 2.95 bits per heavy atom. The molecule has 1 aromatic carbocycles. The van der Waals surface area contributed by atoms with Crippen molar-refractivity contribution in [2.24, 2.45) is 0 Å². The zero-order chi connectivity index (χ0) is 14.1. The molecular formula is C14H16ClN3O2. The number of aromatic amines is 1. The topological polar surface area (TPSA) is 69.2 Å². The zero-order valence-corrected chi connectivity index (χ0v) is 11.7. The fraction of sp³-hybridized carbons (Fsp3) is 0.429. The Labute approximate surface area is 121 Å². The van der Waals surface area contributed by atoms with Crippen LogP contribution in [0, 0.1) is 0 Å². The average Bonchev–Trinajstić information content (AvgIpc) is 3.24. The number of nitrogens with zero attached hydrogens (tertiary/aromatic N) is 2. The number of aliphatic hydroxyl groups is 1. The highest BCUT2D eigenvalue weighted by atomic mass is 35.5. The summed E-state index contributed by atoms with van der Waals surface area (Å²) in [6.45, 7) is 1.27. The molecule has 2 aromatic rings. The fourth-order valence-electron chi connectivity index (χ4n) is 2.39. The SMILES string of the molecule is O=c1[nH]c(CN(CCO)C2CC2)nc2ccc(Cl)cc12. The minimum absolute atomic E-state index is 0.115. The first-order valence-electron chi connectivity index (χ1n) is 6.71. The minimum Gasteiger partial charge on any atom is -0.395 e. The lowest BCUT2D eigenvalue weighted by molar-refractivity contribution is 0.180. The molecule has 2 N–H and O–H groups in total. The summed E-state index contributed by atoms with van der Waals surface area (Å²) in [7, 11) is 0. The van der Waals surface area contributed by atoms with Gasteiger partial charge in [-0.2, -0.15) is 0 Å². The largest absolute Gasteiger partial charge is 0.395 e. The molecule has 3 rings (SSSR count). The van der Waals surface area contributed by atoms with Crippen molar-refractivity contribution >= 4 is 22.5 Å². The van der Waals surface area contributed by atoms with E-state index in [2.05, 4.69) is 14.9 Å². The van der Waals surface area contributed by atoms with Gasteiger partial charge in [0, 0.05) is 17.6 Å². The Balaban J connectivity index is 1.91. The van der Waals surface area contributed by atoms with Crippen molar-refractivity contribution < 1.29 is 5.11 Å². The summed E-state index contributed by atoms with van der Waals surface area (Å²) in [5, 5.41) is 10.1. The second-order valence-corrected chi connectivity index (χ2v) is 5.54. The van der Waals surface area contributed by atoms with Gasteiger partial charge in [-0.1, -0.05) is 11.6 Å². The molecule has 5 nitrogen and oxygen atoms in total. The molecule has 1 heterocycles. The van der Waals surface area contributed by atoms with Crippen LogP contribution < -0.4 is 5.56 Å². The van der Waals surface area contributed by atoms with Crippen LogP contribution in [-0.2, 0) is 6.54 Å². The molecule has 1 aromatic heterocycles. The Kier molecular flexibility index (Phi) is 3.74. The van der Waals surface area contributed by atoms with Gasteiger partial charge in [0.15, 0.2) is 0 Å². The molecule has 0 spiro atoms. The molecule has 0 bridgehead atoms. The summed E-state index contributed by atoms with van der Waals surface area (Å²) in [5.41, 5.74) is 0.472. The van der Waals surface area contributed by atoms with Crippen LogP contribution in [-0.4, -0.2) is 39.2 Å². The number of nitrogens with one attached hydrogen (secondary N) is 1. The van der Waals surface area contributed by atoms with Crippen molar-refractivity contribution in [1.82, 2.24) is 14.9 Å². The molecule has 0 atom stereocenters. The van der Waals surface area contributed by atoms with E-state index in [1.807, 2.05) is 0 Å². The molecule has 106 valence electrons. The number of rotatable bonds is 5. The van der Waals surface area contributed by atoms with Gasteiger partial charge >= 0.3 is 0 Å². The number of halogens is 1. The number of aromatic nitrogens is 2. The van der Waals surface area contributed by atoms with Gasteiger partial charge in [-0.05, 0) is 31.0 Å². The van der Waals surface area contributed by atoms with E-state index < -0.39 is 0 Å². The first kappa shape index (κ1) is 13.5. The van der Waals surface area contributed by atoms with E-state index >= 15 is 0 Å². The Morgan fingerprint density at radius 2 is 2.25 bits per heavy atom. The van der Waals surface area contributed by atoms with Crippen molar-refractivity contribution in [2.45, 2.75) is 25.4 Å². The van der Waals surface area contributed by atoms with Gasteiger partial charge in [0.2, 0.25) is 0 Å². The number of aliphatic hydroxyl groups excluding tert-OH is 1. The van der Waals surface area contributed by atoms with Gasteiger partial charge in [0.05, 0.1) is 24.1 Å². The fourth-order valence-corrected chi connectivity index (χ4v) is 2.56. The molecule has 6 heteroatoms. The third-order valence-corrected chi connectivity index (χ3v) is 3.75. The minimum atomic E-state index is -0.174. The molecular weight excluding hydrogens is 278 g/mol. The van der Waals surface area contributed by atoms with Crippen LogP contribution >= 0.6 is 11.6 Å². The number of fused-ring (bicyclic) bond motifs is 1. The number of hydrogen-bond acceptors (Lipinski definition) is 4. The van der Waals surface area contributed by atoms with Crippen LogP contribution in [0.2, 0.25) is 5.02 Å². The van der Waals surface area contributed by atoms with Gasteiger partial charge in [0.1, 0.15) is 5.82 Å². The number of benzene rings is 1. The average molecular weight is 294 g/mol. The molecule has 0 radical (unpaired) electrons. The lowest BCUT2D eigenvalue weighted by atomic mass is 10.2. The van der Waals surface area contributed by atoms with E-state index in [0.717, 1.165) is 12.8 Å². The Morgan fingerprint density at radius 1 is 1.45 bits per heavy atom. The summed E-state index contributed by atoms with van der Waals surface area (Å²) in [4.78, 5) is 21.5. The van der Waals surface area contributed by atoms with Gasteiger partial charge < -0.3 is 10.1 Å². The summed E-state index contributed by atoms with van der Waals surface area (Å²) >= 11 is 5.89. The van der Waals surface area contributed by atoms with E-state index in [-0.39, 0.29) is 12.2 Å². The molecule has 0 aliphatic heterocycles. The first-order chi connectivity index (χ1) is 9.67. The number of hydrogen-bond donors (Lipinski definition) is 2. The quantitative estimate of drug-likeness (QED) is 0.877. The summed E-state index contributed by atoms with van der Waals surface area (Å²) in [5.74, 6) is 0.630. The maximum atomic E-state index is 12.1. The van der Waals surface area contributed by atoms with Crippen LogP contribution in [0.3, 0.4) is 0 Å². The molecule has 1 aliphatic carbocycles. The van der Waals surface area contributed by atoms with Crippen molar-refractivity contribution in [2.75, 3.05) is 13.2 Å². The smallest absolute Gasteiger partial charge is 0.258 e. The second kappa shape index (κ2) is 5.52. The van der Waals surface area contributed by atoms with Crippen LogP contribution in [0.1, 0.15) is 18.7 Å². The third-order valence-electron chi connectivity index (χ3n) is 3.52. The van der Waals surface area contributed by atoms with Crippen LogP contribution in [0.15, 0.2) is 23.0 Å². The molecule has 1 saturated carbocycles. The van der Waals surface area contributed by atoms with Gasteiger partial charge in [0.25, 0.3) is 5.56 Å². The van der Waals surface area contributed by atoms with E-state index in [4.69, 9.17) is 16.7 Å². The first-order valence-corrected chi connectivity index (χ1v) is 7.08. The lowest BCUT2D eigenvalue weighted by Crippen LogP contribution is -2.30. The van der Waals surface area contributed by atoms with Gasteiger partial charge in [-0.15, -0.1) is 0 Å². The second-order valence-electron chi connectivity index (χ2n) is 5.10.